The first-order valence-electron chi connectivity index (χ1n) is 8.83. The largest absolute Gasteiger partial charge is 0.356 e. The predicted molar refractivity (Wildman–Crippen MR) is 96.5 cm³/mol. The first-order valence-corrected chi connectivity index (χ1v) is 8.83. The summed E-state index contributed by atoms with van der Waals surface area (Å²) in [4.78, 5) is 26.2. The average molecular weight is 331 g/mol. The third-order valence-electron chi connectivity index (χ3n) is 4.35. The molecule has 24 heavy (non-hydrogen) atoms. The highest BCUT2D eigenvalue weighted by Gasteiger charge is 2.13. The summed E-state index contributed by atoms with van der Waals surface area (Å²) in [5.41, 5.74) is 3.32. The molecule has 1 aliphatic rings. The van der Waals surface area contributed by atoms with Crippen LogP contribution < -0.4 is 10.6 Å². The van der Waals surface area contributed by atoms with E-state index < -0.39 is 0 Å². The van der Waals surface area contributed by atoms with Crippen LogP contribution in [0, 0.1) is 0 Å². The lowest BCUT2D eigenvalue weighted by molar-refractivity contribution is -0.121. The van der Waals surface area contributed by atoms with E-state index in [-0.39, 0.29) is 24.5 Å². The summed E-state index contributed by atoms with van der Waals surface area (Å²) < 4.78 is 0. The van der Waals surface area contributed by atoms with Crippen molar-refractivity contribution in [1.29, 1.82) is 0 Å². The number of rotatable bonds is 8. The minimum absolute atomic E-state index is 0.0407. The van der Waals surface area contributed by atoms with Gasteiger partial charge >= 0.3 is 0 Å². The molecule has 132 valence electrons. The van der Waals surface area contributed by atoms with Crippen LogP contribution in [0.3, 0.4) is 0 Å². The van der Waals surface area contributed by atoms with E-state index >= 15 is 0 Å². The number of hydrogen-bond donors (Lipinski definition) is 2. The Labute approximate surface area is 144 Å². The quantitative estimate of drug-likeness (QED) is 0.558. The number of Topliss-reactive ketones (excluding diaryl/α,β-unsaturated/α-hetero) is 1. The molecule has 0 aliphatic carbocycles. The number of nitrogens with one attached hydrogen (secondary N) is 2. The molecule has 1 aromatic carbocycles. The summed E-state index contributed by atoms with van der Waals surface area (Å²) in [6.45, 7) is 3.56. The van der Waals surface area contributed by atoms with Gasteiger partial charge in [0.2, 0.25) is 5.91 Å². The van der Waals surface area contributed by atoms with Gasteiger partial charge in [0.05, 0.1) is 0 Å². The second-order valence-corrected chi connectivity index (χ2v) is 6.66. The highest BCUT2D eigenvalue weighted by molar-refractivity contribution is 5.98. The summed E-state index contributed by atoms with van der Waals surface area (Å²) in [6.07, 6.45) is 3.43. The number of hydrogen-bond acceptors (Lipinski definition) is 4. The molecule has 0 spiro atoms. The Bertz CT molecular complexity index is 570. The van der Waals surface area contributed by atoms with Crippen LogP contribution >= 0.6 is 0 Å². The van der Waals surface area contributed by atoms with Gasteiger partial charge in [-0.2, -0.15) is 0 Å². The molecule has 5 heteroatoms. The van der Waals surface area contributed by atoms with Gasteiger partial charge in [0, 0.05) is 24.9 Å². The smallest absolute Gasteiger partial charge is 0.220 e. The summed E-state index contributed by atoms with van der Waals surface area (Å²) in [7, 11) is 4.02. The third-order valence-corrected chi connectivity index (χ3v) is 4.35. The zero-order valence-corrected chi connectivity index (χ0v) is 14.9. The molecule has 2 rings (SSSR count). The van der Waals surface area contributed by atoms with Gasteiger partial charge in [0.1, 0.15) is 0 Å². The van der Waals surface area contributed by atoms with Gasteiger partial charge in [-0.1, -0.05) is 12.1 Å². The van der Waals surface area contributed by atoms with Crippen LogP contribution in [0.5, 0.6) is 0 Å². The maximum absolute atomic E-state index is 12.3. The van der Waals surface area contributed by atoms with Gasteiger partial charge in [-0.15, -0.1) is 0 Å². The molecule has 0 unspecified atom stereocenters. The van der Waals surface area contributed by atoms with Crippen LogP contribution in [0.1, 0.15) is 40.7 Å². The zero-order chi connectivity index (χ0) is 17.4. The standard InChI is InChI=1S/C19H29N3O2/c1-22(2)13-3-10-21-19(24)7-6-18(23)17-5-4-15-8-11-20-12-9-16(15)14-17/h4-5,14,20H,3,6-13H2,1-2H3,(H,21,24). The Balaban J connectivity index is 1.78. The first kappa shape index (κ1) is 18.6. The van der Waals surface area contributed by atoms with Gasteiger partial charge in [-0.25, -0.2) is 0 Å². The first-order chi connectivity index (χ1) is 11.6. The van der Waals surface area contributed by atoms with E-state index in [1.807, 2.05) is 26.2 Å². The molecule has 1 amide bonds. The molecular formula is C19H29N3O2. The fourth-order valence-corrected chi connectivity index (χ4v) is 2.93. The molecule has 0 radical (unpaired) electrons. The number of fused-ring (bicyclic) bond motifs is 1. The topological polar surface area (TPSA) is 61.4 Å². The molecule has 5 nitrogen and oxygen atoms in total. The van der Waals surface area contributed by atoms with E-state index in [1.165, 1.54) is 11.1 Å². The van der Waals surface area contributed by atoms with Gasteiger partial charge in [0.15, 0.2) is 5.78 Å². The summed E-state index contributed by atoms with van der Waals surface area (Å²) in [5.74, 6) is 0.0134. The second kappa shape index (κ2) is 9.55. The lowest BCUT2D eigenvalue weighted by atomic mass is 9.97. The van der Waals surface area contributed by atoms with Gasteiger partial charge < -0.3 is 15.5 Å². The molecule has 0 saturated carbocycles. The van der Waals surface area contributed by atoms with Crippen molar-refractivity contribution in [3.8, 4) is 0 Å². The van der Waals surface area contributed by atoms with Crippen molar-refractivity contribution in [2.45, 2.75) is 32.1 Å². The maximum atomic E-state index is 12.3. The van der Waals surface area contributed by atoms with Crippen LogP contribution in [0.4, 0.5) is 0 Å². The fourth-order valence-electron chi connectivity index (χ4n) is 2.93. The van der Waals surface area contributed by atoms with Gasteiger partial charge in [0.25, 0.3) is 0 Å². The number of carbonyl (C=O) groups excluding carboxylic acids is 2. The zero-order valence-electron chi connectivity index (χ0n) is 14.9. The van der Waals surface area contributed by atoms with E-state index in [9.17, 15) is 9.59 Å². The average Bonchev–Trinajstić information content (AvgIpc) is 2.81. The molecule has 0 saturated heterocycles. The lowest BCUT2D eigenvalue weighted by Gasteiger charge is -2.10. The third kappa shape index (κ3) is 6.06. The van der Waals surface area contributed by atoms with Crippen molar-refractivity contribution in [3.63, 3.8) is 0 Å². The van der Waals surface area contributed by atoms with Crippen molar-refractivity contribution in [2.75, 3.05) is 40.3 Å². The number of nitrogens with zero attached hydrogens (tertiary/aromatic N) is 1. The molecule has 0 fully saturated rings. The maximum Gasteiger partial charge on any atom is 0.220 e. The fraction of sp³-hybridized carbons (Fsp3) is 0.579. The Kier molecular flexibility index (Phi) is 7.40. The van der Waals surface area contributed by atoms with Crippen LogP contribution in [0.15, 0.2) is 18.2 Å². The van der Waals surface area contributed by atoms with Crippen molar-refractivity contribution in [2.24, 2.45) is 0 Å². The van der Waals surface area contributed by atoms with Gasteiger partial charge in [-0.3, -0.25) is 9.59 Å². The number of carbonyl (C=O) groups is 2. The normalized spacial score (nSPS) is 14.1. The molecule has 1 heterocycles. The predicted octanol–water partition coefficient (Wildman–Crippen LogP) is 1.41. The molecule has 0 aromatic heterocycles. The van der Waals surface area contributed by atoms with Crippen molar-refractivity contribution in [3.05, 3.63) is 34.9 Å². The van der Waals surface area contributed by atoms with Crippen molar-refractivity contribution in [1.82, 2.24) is 15.5 Å². The Morgan fingerprint density at radius 3 is 2.62 bits per heavy atom. The molecular weight excluding hydrogens is 302 g/mol. The number of ketones is 1. The molecule has 2 N–H and O–H groups in total. The highest BCUT2D eigenvalue weighted by atomic mass is 16.2. The van der Waals surface area contributed by atoms with E-state index in [0.29, 0.717) is 6.54 Å². The number of amides is 1. The summed E-state index contributed by atoms with van der Waals surface area (Å²) >= 11 is 0. The molecule has 0 bridgehead atoms. The minimum atomic E-state index is -0.0407. The van der Waals surface area contributed by atoms with E-state index in [4.69, 9.17) is 0 Å². The minimum Gasteiger partial charge on any atom is -0.356 e. The summed E-state index contributed by atoms with van der Waals surface area (Å²) in [5, 5.41) is 6.25. The van der Waals surface area contributed by atoms with E-state index in [2.05, 4.69) is 21.6 Å². The SMILES string of the molecule is CN(C)CCCNC(=O)CCC(=O)c1ccc2c(c1)CCNCC2. The van der Waals surface area contributed by atoms with Crippen LogP contribution in [-0.2, 0) is 17.6 Å². The van der Waals surface area contributed by atoms with Crippen LogP contribution in [0.25, 0.3) is 0 Å². The lowest BCUT2D eigenvalue weighted by Crippen LogP contribution is -2.27. The molecule has 1 aliphatic heterocycles. The van der Waals surface area contributed by atoms with Crippen LogP contribution in [0.2, 0.25) is 0 Å². The Morgan fingerprint density at radius 1 is 1.12 bits per heavy atom. The Hall–Kier alpha value is -1.72. The van der Waals surface area contributed by atoms with Crippen molar-refractivity contribution < 1.29 is 9.59 Å². The van der Waals surface area contributed by atoms with E-state index in [1.54, 1.807) is 0 Å². The summed E-state index contributed by atoms with van der Waals surface area (Å²) in [6, 6.07) is 5.98. The Morgan fingerprint density at radius 2 is 1.88 bits per heavy atom. The van der Waals surface area contributed by atoms with Gasteiger partial charge in [-0.05, 0) is 70.2 Å². The monoisotopic (exact) mass is 331 g/mol. The highest BCUT2D eigenvalue weighted by Crippen LogP contribution is 2.17. The van der Waals surface area contributed by atoms with Crippen molar-refractivity contribution >= 4 is 11.7 Å². The number of benzene rings is 1. The molecule has 1 aromatic rings. The molecule has 0 atom stereocenters. The second-order valence-electron chi connectivity index (χ2n) is 6.66. The van der Waals surface area contributed by atoms with E-state index in [0.717, 1.165) is 44.5 Å². The van der Waals surface area contributed by atoms with Crippen LogP contribution in [-0.4, -0.2) is 56.9 Å².